The molecule has 1 aromatic heterocycles. The maximum atomic E-state index is 11.9. The molecular weight excluding hydrogens is 248 g/mol. The van der Waals surface area contributed by atoms with Gasteiger partial charge in [-0.15, -0.1) is 0 Å². The Morgan fingerprint density at radius 2 is 2.05 bits per heavy atom. The summed E-state index contributed by atoms with van der Waals surface area (Å²) in [6.45, 7) is 0.191. The van der Waals surface area contributed by atoms with Crippen LogP contribution in [-0.4, -0.2) is 22.7 Å². The van der Waals surface area contributed by atoms with E-state index in [0.29, 0.717) is 17.2 Å². The number of nitrogens with one attached hydrogen (secondary N) is 1. The Kier molecular flexibility index (Phi) is 2.64. The van der Waals surface area contributed by atoms with Crippen LogP contribution in [-0.2, 0) is 0 Å². The average Bonchev–Trinajstić information content (AvgIpc) is 2.87. The van der Waals surface area contributed by atoms with Gasteiger partial charge in [-0.2, -0.15) is 0 Å². The number of fused-ring (bicyclic) bond motifs is 1. The normalized spacial score (nSPS) is 12.2. The maximum absolute atomic E-state index is 11.9. The Balaban J connectivity index is 1.77. The van der Waals surface area contributed by atoms with Crippen molar-refractivity contribution in [2.24, 2.45) is 0 Å². The largest absolute Gasteiger partial charge is 0.454 e. The Bertz CT molecular complexity index is 627. The fourth-order valence-corrected chi connectivity index (χ4v) is 1.62. The van der Waals surface area contributed by atoms with Crippen molar-refractivity contribution in [3.05, 3.63) is 36.3 Å². The van der Waals surface area contributed by atoms with Gasteiger partial charge in [0.15, 0.2) is 11.5 Å². The highest BCUT2D eigenvalue weighted by Gasteiger charge is 2.15. The van der Waals surface area contributed by atoms with Crippen molar-refractivity contribution in [2.45, 2.75) is 0 Å². The van der Waals surface area contributed by atoms with Crippen LogP contribution in [0.2, 0.25) is 0 Å². The molecule has 1 aromatic carbocycles. The van der Waals surface area contributed by atoms with Gasteiger partial charge >= 0.3 is 0 Å². The van der Waals surface area contributed by atoms with Crippen molar-refractivity contribution in [3.8, 4) is 11.5 Å². The highest BCUT2D eigenvalue weighted by Crippen LogP contribution is 2.34. The quantitative estimate of drug-likeness (QED) is 0.834. The van der Waals surface area contributed by atoms with E-state index >= 15 is 0 Å². The minimum absolute atomic E-state index is 0.187. The number of hydrogen-bond acceptors (Lipinski definition) is 6. The third kappa shape index (κ3) is 2.25. The zero-order valence-corrected chi connectivity index (χ0v) is 9.79. The Hall–Kier alpha value is -2.83. The molecule has 0 bridgehead atoms. The first-order chi connectivity index (χ1) is 9.22. The van der Waals surface area contributed by atoms with E-state index in [1.165, 1.54) is 12.4 Å². The fourth-order valence-electron chi connectivity index (χ4n) is 1.62. The van der Waals surface area contributed by atoms with E-state index in [1.54, 1.807) is 18.2 Å². The molecule has 0 spiro atoms. The van der Waals surface area contributed by atoms with Crippen LogP contribution in [0.3, 0.4) is 0 Å². The van der Waals surface area contributed by atoms with Crippen molar-refractivity contribution in [3.63, 3.8) is 0 Å². The number of hydrogen-bond donors (Lipinski definition) is 2. The first-order valence-electron chi connectivity index (χ1n) is 5.51. The molecule has 3 rings (SSSR count). The predicted octanol–water partition coefficient (Wildman–Crippen LogP) is 1.04. The molecule has 7 nitrogen and oxygen atoms in total. The molecule has 2 heterocycles. The number of nitrogens with zero attached hydrogens (tertiary/aromatic N) is 2. The van der Waals surface area contributed by atoms with Gasteiger partial charge in [-0.05, 0) is 12.1 Å². The molecule has 0 aliphatic carbocycles. The second-order valence-electron chi connectivity index (χ2n) is 3.85. The number of amides is 1. The lowest BCUT2D eigenvalue weighted by molar-refractivity contribution is 0.102. The topological polar surface area (TPSA) is 99.4 Å². The SMILES string of the molecule is Nc1cnc(C(=O)Nc2ccc3c(c2)OCO3)cn1. The highest BCUT2D eigenvalue weighted by atomic mass is 16.7. The van der Waals surface area contributed by atoms with Gasteiger partial charge in [-0.25, -0.2) is 9.97 Å². The molecule has 1 amide bonds. The maximum Gasteiger partial charge on any atom is 0.275 e. The molecule has 0 saturated heterocycles. The van der Waals surface area contributed by atoms with Crippen LogP contribution in [0.1, 0.15) is 10.5 Å². The Morgan fingerprint density at radius 3 is 2.84 bits per heavy atom. The monoisotopic (exact) mass is 258 g/mol. The zero-order valence-electron chi connectivity index (χ0n) is 9.79. The van der Waals surface area contributed by atoms with Gasteiger partial charge in [0.2, 0.25) is 6.79 Å². The van der Waals surface area contributed by atoms with Gasteiger partial charge in [0.25, 0.3) is 5.91 Å². The number of nitrogen functional groups attached to an aromatic ring is 1. The van der Waals surface area contributed by atoms with Crippen LogP contribution < -0.4 is 20.5 Å². The third-order valence-electron chi connectivity index (χ3n) is 2.53. The number of aromatic nitrogens is 2. The third-order valence-corrected chi connectivity index (χ3v) is 2.53. The molecule has 0 atom stereocenters. The number of benzene rings is 1. The number of carbonyl (C=O) groups is 1. The van der Waals surface area contributed by atoms with Crippen molar-refractivity contribution >= 4 is 17.4 Å². The minimum Gasteiger partial charge on any atom is -0.454 e. The summed E-state index contributed by atoms with van der Waals surface area (Å²) in [5.74, 6) is 1.15. The average molecular weight is 258 g/mol. The predicted molar refractivity (Wildman–Crippen MR) is 67.0 cm³/mol. The molecule has 3 N–H and O–H groups in total. The molecule has 1 aliphatic rings. The summed E-state index contributed by atoms with van der Waals surface area (Å²) < 4.78 is 10.4. The van der Waals surface area contributed by atoms with Gasteiger partial charge in [0, 0.05) is 11.8 Å². The van der Waals surface area contributed by atoms with E-state index in [4.69, 9.17) is 15.2 Å². The van der Waals surface area contributed by atoms with Crippen molar-refractivity contribution in [1.82, 2.24) is 9.97 Å². The van der Waals surface area contributed by atoms with Gasteiger partial charge in [0.1, 0.15) is 11.5 Å². The van der Waals surface area contributed by atoms with E-state index in [2.05, 4.69) is 15.3 Å². The summed E-state index contributed by atoms with van der Waals surface area (Å²) in [4.78, 5) is 19.6. The first-order valence-corrected chi connectivity index (χ1v) is 5.51. The number of nitrogens with two attached hydrogens (primary N) is 1. The lowest BCUT2D eigenvalue weighted by Gasteiger charge is -2.05. The van der Waals surface area contributed by atoms with E-state index < -0.39 is 0 Å². The van der Waals surface area contributed by atoms with Gasteiger partial charge in [-0.3, -0.25) is 4.79 Å². The molecule has 0 unspecified atom stereocenters. The number of rotatable bonds is 2. The van der Waals surface area contributed by atoms with E-state index in [-0.39, 0.29) is 24.2 Å². The van der Waals surface area contributed by atoms with Crippen LogP contribution in [0.25, 0.3) is 0 Å². The van der Waals surface area contributed by atoms with E-state index in [1.807, 2.05) is 0 Å². The van der Waals surface area contributed by atoms with E-state index in [0.717, 1.165) is 0 Å². The van der Waals surface area contributed by atoms with Crippen LogP contribution >= 0.6 is 0 Å². The second kappa shape index (κ2) is 4.45. The van der Waals surface area contributed by atoms with Crippen LogP contribution in [0.4, 0.5) is 11.5 Å². The van der Waals surface area contributed by atoms with Crippen molar-refractivity contribution in [2.75, 3.05) is 17.8 Å². The first kappa shape index (κ1) is 11.3. The zero-order chi connectivity index (χ0) is 13.2. The summed E-state index contributed by atoms with van der Waals surface area (Å²) in [5, 5.41) is 2.69. The summed E-state index contributed by atoms with van der Waals surface area (Å²) >= 11 is 0. The molecular formula is C12H10N4O3. The lowest BCUT2D eigenvalue weighted by Crippen LogP contribution is -2.14. The Labute approximate surface area is 108 Å². The summed E-state index contributed by atoms with van der Waals surface area (Å²) in [6, 6.07) is 5.13. The van der Waals surface area contributed by atoms with Gasteiger partial charge in [-0.1, -0.05) is 0 Å². The molecule has 96 valence electrons. The molecule has 0 fully saturated rings. The van der Waals surface area contributed by atoms with Crippen LogP contribution in [0.15, 0.2) is 30.6 Å². The summed E-state index contributed by atoms with van der Waals surface area (Å²) in [7, 11) is 0. The molecule has 0 saturated carbocycles. The number of anilines is 2. The Morgan fingerprint density at radius 1 is 1.21 bits per heavy atom. The summed E-state index contributed by atoms with van der Waals surface area (Å²) in [5.41, 5.74) is 6.18. The standard InChI is InChI=1S/C12H10N4O3/c13-11-5-14-8(4-15-11)12(17)16-7-1-2-9-10(3-7)19-6-18-9/h1-5H,6H2,(H2,13,15)(H,16,17). The lowest BCUT2D eigenvalue weighted by atomic mass is 10.2. The second-order valence-corrected chi connectivity index (χ2v) is 3.85. The van der Waals surface area contributed by atoms with Gasteiger partial charge in [0.05, 0.1) is 12.4 Å². The fraction of sp³-hybridized carbons (Fsp3) is 0.0833. The van der Waals surface area contributed by atoms with Gasteiger partial charge < -0.3 is 20.5 Å². The molecule has 19 heavy (non-hydrogen) atoms. The molecule has 2 aromatic rings. The van der Waals surface area contributed by atoms with Crippen molar-refractivity contribution < 1.29 is 14.3 Å². The highest BCUT2D eigenvalue weighted by molar-refractivity contribution is 6.02. The molecule has 7 heteroatoms. The summed E-state index contributed by atoms with van der Waals surface area (Å²) in [6.07, 6.45) is 2.65. The number of carbonyl (C=O) groups excluding carboxylic acids is 1. The minimum atomic E-state index is -0.369. The molecule has 0 radical (unpaired) electrons. The molecule has 1 aliphatic heterocycles. The van der Waals surface area contributed by atoms with Crippen LogP contribution in [0, 0.1) is 0 Å². The van der Waals surface area contributed by atoms with E-state index in [9.17, 15) is 4.79 Å². The number of ether oxygens (including phenoxy) is 2. The van der Waals surface area contributed by atoms with Crippen molar-refractivity contribution in [1.29, 1.82) is 0 Å². The smallest absolute Gasteiger partial charge is 0.275 e. The van der Waals surface area contributed by atoms with Crippen LogP contribution in [0.5, 0.6) is 11.5 Å².